The molecule has 0 bridgehead atoms. The molecule has 0 N–H and O–H groups in total. The quantitative estimate of drug-likeness (QED) is 0.792. The number of rotatable bonds is 4. The topological polar surface area (TPSA) is 39.2 Å². The van der Waals surface area contributed by atoms with Crippen molar-refractivity contribution in [3.8, 4) is 11.3 Å². The SMILES string of the molecule is CCOC(=O)c1ccc(-c2cccc(F)c2)nc1C(C)C. The minimum Gasteiger partial charge on any atom is -0.462 e. The normalized spacial score (nSPS) is 10.7. The van der Waals surface area contributed by atoms with Crippen LogP contribution < -0.4 is 0 Å². The van der Waals surface area contributed by atoms with Gasteiger partial charge in [-0.2, -0.15) is 0 Å². The van der Waals surface area contributed by atoms with Gasteiger partial charge in [-0.05, 0) is 37.1 Å². The number of hydrogen-bond donors (Lipinski definition) is 0. The van der Waals surface area contributed by atoms with E-state index >= 15 is 0 Å². The molecule has 1 heterocycles. The van der Waals surface area contributed by atoms with E-state index in [1.807, 2.05) is 13.8 Å². The number of esters is 1. The van der Waals surface area contributed by atoms with Gasteiger partial charge < -0.3 is 4.74 Å². The fourth-order valence-electron chi connectivity index (χ4n) is 2.11. The van der Waals surface area contributed by atoms with E-state index in [0.29, 0.717) is 29.1 Å². The fourth-order valence-corrected chi connectivity index (χ4v) is 2.11. The number of nitrogens with zero attached hydrogens (tertiary/aromatic N) is 1. The highest BCUT2D eigenvalue weighted by Crippen LogP contribution is 2.24. The number of carbonyl (C=O) groups is 1. The predicted molar refractivity (Wildman–Crippen MR) is 79.7 cm³/mol. The van der Waals surface area contributed by atoms with Crippen molar-refractivity contribution in [2.75, 3.05) is 6.61 Å². The van der Waals surface area contributed by atoms with Gasteiger partial charge in [0.25, 0.3) is 0 Å². The maximum atomic E-state index is 13.3. The molecule has 2 rings (SSSR count). The third-order valence-electron chi connectivity index (χ3n) is 3.09. The second kappa shape index (κ2) is 6.48. The minimum absolute atomic E-state index is 0.0675. The monoisotopic (exact) mass is 287 g/mol. The summed E-state index contributed by atoms with van der Waals surface area (Å²) in [5.74, 6) is -0.618. The van der Waals surface area contributed by atoms with Crippen LogP contribution in [0.1, 0.15) is 42.7 Å². The van der Waals surface area contributed by atoms with Crippen molar-refractivity contribution in [1.82, 2.24) is 4.98 Å². The largest absolute Gasteiger partial charge is 0.462 e. The Morgan fingerprint density at radius 3 is 2.67 bits per heavy atom. The number of hydrogen-bond acceptors (Lipinski definition) is 3. The molecule has 0 radical (unpaired) electrons. The Balaban J connectivity index is 2.48. The van der Waals surface area contributed by atoms with Gasteiger partial charge in [0.2, 0.25) is 0 Å². The predicted octanol–water partition coefficient (Wildman–Crippen LogP) is 4.19. The molecular formula is C17H18FNO2. The lowest BCUT2D eigenvalue weighted by Gasteiger charge is -2.13. The molecule has 0 saturated carbocycles. The van der Waals surface area contributed by atoms with Crippen molar-refractivity contribution in [2.24, 2.45) is 0 Å². The van der Waals surface area contributed by atoms with Crippen LogP contribution >= 0.6 is 0 Å². The maximum Gasteiger partial charge on any atom is 0.339 e. The zero-order valence-corrected chi connectivity index (χ0v) is 12.4. The molecule has 0 aliphatic heterocycles. The molecule has 110 valence electrons. The molecule has 1 aromatic heterocycles. The van der Waals surface area contributed by atoms with Gasteiger partial charge in [-0.3, -0.25) is 4.98 Å². The Morgan fingerprint density at radius 2 is 2.05 bits per heavy atom. The van der Waals surface area contributed by atoms with Gasteiger partial charge in [-0.25, -0.2) is 9.18 Å². The average molecular weight is 287 g/mol. The Labute approximate surface area is 123 Å². The molecule has 0 amide bonds. The van der Waals surface area contributed by atoms with Gasteiger partial charge in [0.15, 0.2) is 0 Å². The molecule has 4 heteroatoms. The van der Waals surface area contributed by atoms with E-state index < -0.39 is 0 Å². The summed E-state index contributed by atoms with van der Waals surface area (Å²) < 4.78 is 18.4. The Hall–Kier alpha value is -2.23. The minimum atomic E-state index is -0.375. The number of carbonyl (C=O) groups excluding carboxylic acids is 1. The summed E-state index contributed by atoms with van der Waals surface area (Å²) in [5.41, 5.74) is 2.46. The summed E-state index contributed by atoms with van der Waals surface area (Å²) >= 11 is 0. The van der Waals surface area contributed by atoms with Crippen molar-refractivity contribution < 1.29 is 13.9 Å². The summed E-state index contributed by atoms with van der Waals surface area (Å²) in [6.45, 7) is 6.00. The molecule has 2 aromatic rings. The van der Waals surface area contributed by atoms with E-state index in [1.165, 1.54) is 12.1 Å². The van der Waals surface area contributed by atoms with E-state index in [2.05, 4.69) is 4.98 Å². The molecule has 0 unspecified atom stereocenters. The van der Waals surface area contributed by atoms with Crippen LogP contribution in [0.25, 0.3) is 11.3 Å². The van der Waals surface area contributed by atoms with E-state index in [0.717, 1.165) is 0 Å². The Kier molecular flexibility index (Phi) is 4.68. The third-order valence-corrected chi connectivity index (χ3v) is 3.09. The molecule has 0 aliphatic rings. The molecule has 0 atom stereocenters. The van der Waals surface area contributed by atoms with Crippen LogP contribution in [0, 0.1) is 5.82 Å². The summed E-state index contributed by atoms with van der Waals surface area (Å²) in [5, 5.41) is 0. The second-order valence-corrected chi connectivity index (χ2v) is 5.01. The van der Waals surface area contributed by atoms with Crippen LogP contribution in [0.2, 0.25) is 0 Å². The van der Waals surface area contributed by atoms with Crippen molar-refractivity contribution in [1.29, 1.82) is 0 Å². The molecule has 0 aliphatic carbocycles. The standard InChI is InChI=1S/C17H18FNO2/c1-4-21-17(20)14-8-9-15(19-16(14)11(2)3)12-6-5-7-13(18)10-12/h5-11H,4H2,1-3H3. The Bertz CT molecular complexity index is 653. The molecule has 0 saturated heterocycles. The second-order valence-electron chi connectivity index (χ2n) is 5.01. The van der Waals surface area contributed by atoms with Crippen LogP contribution in [0.5, 0.6) is 0 Å². The van der Waals surface area contributed by atoms with Crippen LogP contribution in [-0.2, 0) is 4.74 Å². The average Bonchev–Trinajstić information content (AvgIpc) is 2.46. The maximum absolute atomic E-state index is 13.3. The third kappa shape index (κ3) is 3.45. The lowest BCUT2D eigenvalue weighted by molar-refractivity contribution is 0.0524. The van der Waals surface area contributed by atoms with E-state index in [9.17, 15) is 9.18 Å². The van der Waals surface area contributed by atoms with Crippen molar-refractivity contribution >= 4 is 5.97 Å². The number of halogens is 1. The van der Waals surface area contributed by atoms with Gasteiger partial charge in [-0.1, -0.05) is 26.0 Å². The number of pyridine rings is 1. The van der Waals surface area contributed by atoms with Crippen LogP contribution in [0.3, 0.4) is 0 Å². The number of aromatic nitrogens is 1. The highest BCUT2D eigenvalue weighted by molar-refractivity contribution is 5.91. The van der Waals surface area contributed by atoms with Crippen molar-refractivity contribution in [3.63, 3.8) is 0 Å². The zero-order chi connectivity index (χ0) is 15.4. The molecule has 1 aromatic carbocycles. The number of benzene rings is 1. The van der Waals surface area contributed by atoms with E-state index in [1.54, 1.807) is 31.2 Å². The highest BCUT2D eigenvalue weighted by atomic mass is 19.1. The number of ether oxygens (including phenoxy) is 1. The first kappa shape index (κ1) is 15.2. The van der Waals surface area contributed by atoms with Gasteiger partial charge >= 0.3 is 5.97 Å². The highest BCUT2D eigenvalue weighted by Gasteiger charge is 2.17. The van der Waals surface area contributed by atoms with Crippen molar-refractivity contribution in [3.05, 3.63) is 53.5 Å². The first-order valence-electron chi connectivity index (χ1n) is 6.97. The summed E-state index contributed by atoms with van der Waals surface area (Å²) in [7, 11) is 0. The molecule has 0 spiro atoms. The molecule has 21 heavy (non-hydrogen) atoms. The summed E-state index contributed by atoms with van der Waals surface area (Å²) in [4.78, 5) is 16.5. The summed E-state index contributed by atoms with van der Waals surface area (Å²) in [6.07, 6.45) is 0. The van der Waals surface area contributed by atoms with Gasteiger partial charge in [0.1, 0.15) is 5.82 Å². The van der Waals surface area contributed by atoms with Gasteiger partial charge in [-0.15, -0.1) is 0 Å². The van der Waals surface area contributed by atoms with E-state index in [4.69, 9.17) is 4.74 Å². The zero-order valence-electron chi connectivity index (χ0n) is 12.4. The van der Waals surface area contributed by atoms with Gasteiger partial charge in [0.05, 0.1) is 23.6 Å². The lowest BCUT2D eigenvalue weighted by Crippen LogP contribution is -2.11. The smallest absolute Gasteiger partial charge is 0.339 e. The first-order valence-corrected chi connectivity index (χ1v) is 6.97. The van der Waals surface area contributed by atoms with Crippen LogP contribution in [-0.4, -0.2) is 17.6 Å². The van der Waals surface area contributed by atoms with Crippen LogP contribution in [0.15, 0.2) is 36.4 Å². The molecular weight excluding hydrogens is 269 g/mol. The molecule has 3 nitrogen and oxygen atoms in total. The van der Waals surface area contributed by atoms with Gasteiger partial charge in [0, 0.05) is 5.56 Å². The molecule has 0 fully saturated rings. The summed E-state index contributed by atoms with van der Waals surface area (Å²) in [6, 6.07) is 9.66. The first-order chi connectivity index (χ1) is 10.0. The van der Waals surface area contributed by atoms with Crippen LogP contribution in [0.4, 0.5) is 4.39 Å². The van der Waals surface area contributed by atoms with Crippen molar-refractivity contribution in [2.45, 2.75) is 26.7 Å². The lowest BCUT2D eigenvalue weighted by atomic mass is 10.0. The fraction of sp³-hybridized carbons (Fsp3) is 0.294. The Morgan fingerprint density at radius 1 is 1.29 bits per heavy atom. The van der Waals surface area contributed by atoms with E-state index in [-0.39, 0.29) is 17.7 Å².